The third-order valence-electron chi connectivity index (χ3n) is 1.69. The van der Waals surface area contributed by atoms with E-state index in [0.29, 0.717) is 0 Å². The maximum absolute atomic E-state index is 11.1. The zero-order chi connectivity index (χ0) is 11.1. The predicted molar refractivity (Wildman–Crippen MR) is 56.6 cm³/mol. The molecule has 0 aliphatic carbocycles. The first-order chi connectivity index (χ1) is 7.22. The highest BCUT2D eigenvalue weighted by Gasteiger charge is 2.03. The minimum atomic E-state index is -0.710. The minimum absolute atomic E-state index is 0.507. The summed E-state index contributed by atoms with van der Waals surface area (Å²) in [4.78, 5) is 11.1. The van der Waals surface area contributed by atoms with Gasteiger partial charge in [-0.25, -0.2) is 4.79 Å². The summed E-state index contributed by atoms with van der Waals surface area (Å²) in [7, 11) is 0. The van der Waals surface area contributed by atoms with Crippen LogP contribution >= 0.6 is 0 Å². The van der Waals surface area contributed by atoms with Gasteiger partial charge in [0.25, 0.3) is 0 Å². The zero-order valence-corrected chi connectivity index (χ0v) is 8.38. The van der Waals surface area contributed by atoms with Crippen molar-refractivity contribution in [1.29, 1.82) is 5.26 Å². The van der Waals surface area contributed by atoms with Gasteiger partial charge in [0.15, 0.2) is 6.10 Å². The second kappa shape index (κ2) is 5.61. The molecule has 3 heteroatoms. The molecule has 1 atom stereocenters. The van der Waals surface area contributed by atoms with E-state index in [9.17, 15) is 4.79 Å². The molecule has 0 aliphatic heterocycles. The Balaban J connectivity index is 2.53. The molecule has 0 spiro atoms. The van der Waals surface area contributed by atoms with Crippen LogP contribution in [0.3, 0.4) is 0 Å². The van der Waals surface area contributed by atoms with E-state index in [2.05, 4.69) is 0 Å². The van der Waals surface area contributed by atoms with Crippen LogP contribution in [0.2, 0.25) is 0 Å². The number of hydrogen-bond donors (Lipinski definition) is 0. The van der Waals surface area contributed by atoms with E-state index in [1.54, 1.807) is 6.08 Å². The van der Waals surface area contributed by atoms with Crippen LogP contribution in [0.15, 0.2) is 36.4 Å². The van der Waals surface area contributed by atoms with Gasteiger partial charge < -0.3 is 4.74 Å². The Morgan fingerprint density at radius 2 is 2.13 bits per heavy atom. The molecule has 0 saturated heterocycles. The van der Waals surface area contributed by atoms with Crippen molar-refractivity contribution in [2.45, 2.75) is 13.0 Å². The summed E-state index contributed by atoms with van der Waals surface area (Å²) in [5.41, 5.74) is 0.916. The van der Waals surface area contributed by atoms with Gasteiger partial charge in [-0.05, 0) is 18.6 Å². The van der Waals surface area contributed by atoms with Crippen molar-refractivity contribution >= 4 is 12.0 Å². The lowest BCUT2D eigenvalue weighted by Gasteiger charge is -2.01. The first-order valence-electron chi connectivity index (χ1n) is 4.55. The molecule has 1 aromatic rings. The normalized spacial score (nSPS) is 12.0. The smallest absolute Gasteiger partial charge is 0.332 e. The Bertz CT molecular complexity index is 390. The van der Waals surface area contributed by atoms with E-state index in [-0.39, 0.29) is 0 Å². The van der Waals surface area contributed by atoms with Gasteiger partial charge in [0.1, 0.15) is 6.07 Å². The fraction of sp³-hybridized carbons (Fsp3) is 0.167. The molecular weight excluding hydrogens is 190 g/mol. The Morgan fingerprint density at radius 3 is 2.73 bits per heavy atom. The summed E-state index contributed by atoms with van der Waals surface area (Å²) in [5.74, 6) is -0.507. The second-order valence-corrected chi connectivity index (χ2v) is 2.95. The van der Waals surface area contributed by atoms with Gasteiger partial charge in [0.05, 0.1) is 0 Å². The molecule has 1 rings (SSSR count). The van der Waals surface area contributed by atoms with Crippen LogP contribution < -0.4 is 0 Å². The average molecular weight is 201 g/mol. The average Bonchev–Trinajstić information content (AvgIpc) is 2.27. The number of rotatable bonds is 3. The van der Waals surface area contributed by atoms with Crippen LogP contribution in [0.1, 0.15) is 12.5 Å². The van der Waals surface area contributed by atoms with Crippen LogP contribution in [0.25, 0.3) is 6.08 Å². The number of hydrogen-bond acceptors (Lipinski definition) is 3. The van der Waals surface area contributed by atoms with Crippen molar-refractivity contribution in [3.63, 3.8) is 0 Å². The maximum Gasteiger partial charge on any atom is 0.332 e. The molecule has 0 N–H and O–H groups in total. The molecule has 0 radical (unpaired) electrons. The van der Waals surface area contributed by atoms with E-state index in [0.717, 1.165) is 5.56 Å². The lowest BCUT2D eigenvalue weighted by atomic mass is 10.2. The molecule has 0 bridgehead atoms. The minimum Gasteiger partial charge on any atom is -0.444 e. The van der Waals surface area contributed by atoms with Gasteiger partial charge >= 0.3 is 5.97 Å². The summed E-state index contributed by atoms with van der Waals surface area (Å²) in [6, 6.07) is 11.2. The first kappa shape index (κ1) is 11.0. The standard InChI is InChI=1S/C12H11NO2/c1-10(9-13)15-12(14)8-7-11-5-3-2-4-6-11/h2-8,10H,1H3/b8-7+. The molecule has 1 unspecified atom stereocenters. The second-order valence-electron chi connectivity index (χ2n) is 2.95. The van der Waals surface area contributed by atoms with Crippen molar-refractivity contribution in [2.24, 2.45) is 0 Å². The number of esters is 1. The summed E-state index contributed by atoms with van der Waals surface area (Å²) in [6.45, 7) is 1.52. The number of carbonyl (C=O) groups is 1. The molecular formula is C12H11NO2. The van der Waals surface area contributed by atoms with Gasteiger partial charge in [0.2, 0.25) is 0 Å². The van der Waals surface area contributed by atoms with Gasteiger partial charge in [-0.3, -0.25) is 0 Å². The molecule has 0 fully saturated rings. The van der Waals surface area contributed by atoms with Crippen molar-refractivity contribution in [3.05, 3.63) is 42.0 Å². The fourth-order valence-electron chi connectivity index (χ4n) is 0.968. The van der Waals surface area contributed by atoms with Crippen LogP contribution in [0, 0.1) is 11.3 Å². The highest BCUT2D eigenvalue weighted by atomic mass is 16.5. The molecule has 0 aliphatic rings. The van der Waals surface area contributed by atoms with Gasteiger partial charge in [-0.15, -0.1) is 0 Å². The van der Waals surface area contributed by atoms with Gasteiger partial charge in [0, 0.05) is 6.08 Å². The van der Waals surface area contributed by atoms with Gasteiger partial charge in [-0.1, -0.05) is 30.3 Å². The van der Waals surface area contributed by atoms with E-state index in [4.69, 9.17) is 10.00 Å². The molecule has 0 saturated carbocycles. The van der Waals surface area contributed by atoms with Gasteiger partial charge in [-0.2, -0.15) is 5.26 Å². The lowest BCUT2D eigenvalue weighted by molar-refractivity contribution is -0.139. The van der Waals surface area contributed by atoms with Crippen molar-refractivity contribution in [1.82, 2.24) is 0 Å². The predicted octanol–water partition coefficient (Wildman–Crippen LogP) is 2.16. The topological polar surface area (TPSA) is 50.1 Å². The third-order valence-corrected chi connectivity index (χ3v) is 1.69. The molecule has 76 valence electrons. The summed E-state index contributed by atoms with van der Waals surface area (Å²) < 4.78 is 4.73. The third kappa shape index (κ3) is 4.10. The molecule has 0 heterocycles. The highest BCUT2D eigenvalue weighted by molar-refractivity contribution is 5.87. The Morgan fingerprint density at radius 1 is 1.47 bits per heavy atom. The fourth-order valence-corrected chi connectivity index (χ4v) is 0.968. The SMILES string of the molecule is CC(C#N)OC(=O)/C=C/c1ccccc1. The Kier molecular flexibility index (Phi) is 4.11. The van der Waals surface area contributed by atoms with Crippen LogP contribution in [0.5, 0.6) is 0 Å². The monoisotopic (exact) mass is 201 g/mol. The maximum atomic E-state index is 11.1. The number of nitrogens with zero attached hydrogens (tertiary/aromatic N) is 1. The molecule has 0 amide bonds. The van der Waals surface area contributed by atoms with E-state index < -0.39 is 12.1 Å². The number of carbonyl (C=O) groups excluding carboxylic acids is 1. The Labute approximate surface area is 88.6 Å². The van der Waals surface area contributed by atoms with Crippen molar-refractivity contribution < 1.29 is 9.53 Å². The summed E-state index contributed by atoms with van der Waals surface area (Å²) >= 11 is 0. The number of ether oxygens (including phenoxy) is 1. The largest absolute Gasteiger partial charge is 0.444 e. The van der Waals surface area contributed by atoms with Crippen LogP contribution in [-0.2, 0) is 9.53 Å². The number of nitriles is 1. The van der Waals surface area contributed by atoms with E-state index in [1.807, 2.05) is 36.4 Å². The van der Waals surface area contributed by atoms with Crippen molar-refractivity contribution in [3.8, 4) is 6.07 Å². The summed E-state index contributed by atoms with van der Waals surface area (Å²) in [6.07, 6.45) is 2.24. The zero-order valence-electron chi connectivity index (χ0n) is 8.38. The first-order valence-corrected chi connectivity index (χ1v) is 4.55. The summed E-state index contributed by atoms with van der Waals surface area (Å²) in [5, 5.41) is 8.42. The number of benzene rings is 1. The molecule has 0 aromatic heterocycles. The van der Waals surface area contributed by atoms with E-state index in [1.165, 1.54) is 13.0 Å². The lowest BCUT2D eigenvalue weighted by Crippen LogP contribution is -2.10. The Hall–Kier alpha value is -2.08. The quantitative estimate of drug-likeness (QED) is 0.556. The highest BCUT2D eigenvalue weighted by Crippen LogP contribution is 2.01. The molecule has 3 nitrogen and oxygen atoms in total. The molecule has 15 heavy (non-hydrogen) atoms. The van der Waals surface area contributed by atoms with Crippen molar-refractivity contribution in [2.75, 3.05) is 0 Å². The molecule has 1 aromatic carbocycles. The van der Waals surface area contributed by atoms with Crippen LogP contribution in [-0.4, -0.2) is 12.1 Å². The van der Waals surface area contributed by atoms with E-state index >= 15 is 0 Å². The van der Waals surface area contributed by atoms with Crippen LogP contribution in [0.4, 0.5) is 0 Å².